The predicted molar refractivity (Wildman–Crippen MR) is 61.5 cm³/mol. The van der Waals surface area contributed by atoms with Crippen molar-refractivity contribution in [1.29, 1.82) is 0 Å². The second-order valence-electron chi connectivity index (χ2n) is 4.52. The van der Waals surface area contributed by atoms with Gasteiger partial charge in [-0.05, 0) is 26.0 Å². The van der Waals surface area contributed by atoms with Crippen molar-refractivity contribution in [3.05, 3.63) is 23.9 Å². The molecule has 0 saturated carbocycles. The molecule has 5 nitrogen and oxygen atoms in total. The van der Waals surface area contributed by atoms with Crippen molar-refractivity contribution in [1.82, 2.24) is 10.3 Å². The van der Waals surface area contributed by atoms with Gasteiger partial charge in [-0.1, -0.05) is 0 Å². The first-order valence-corrected chi connectivity index (χ1v) is 5.34. The zero-order chi connectivity index (χ0) is 14.7. The molecule has 0 aromatic carbocycles. The minimum Gasteiger partial charge on any atom is -0.475 e. The van der Waals surface area contributed by atoms with Crippen LogP contribution in [0.2, 0.25) is 0 Å². The normalized spacial score (nSPS) is 12.1. The number of amides is 2. The largest absolute Gasteiger partial charge is 0.475 e. The third-order valence-electron chi connectivity index (χ3n) is 2.11. The van der Waals surface area contributed by atoms with Crippen molar-refractivity contribution in [2.24, 2.45) is 5.73 Å². The lowest BCUT2D eigenvalue weighted by molar-refractivity contribution is -0.139. The molecule has 0 radical (unpaired) electrons. The molecule has 1 rings (SSSR count). The lowest BCUT2D eigenvalue weighted by atomic mass is 10.1. The van der Waals surface area contributed by atoms with E-state index in [9.17, 15) is 18.0 Å². The summed E-state index contributed by atoms with van der Waals surface area (Å²) in [4.78, 5) is 14.3. The summed E-state index contributed by atoms with van der Waals surface area (Å²) in [6, 6.07) is 1.25. The number of ether oxygens (including phenoxy) is 1. The number of halogens is 3. The molecule has 0 bridgehead atoms. The molecule has 8 heteroatoms. The maximum absolute atomic E-state index is 12.7. The molecule has 0 aliphatic heterocycles. The molecule has 2 amide bonds. The molecule has 19 heavy (non-hydrogen) atoms. The number of nitrogens with one attached hydrogen (secondary N) is 1. The molecule has 0 spiro atoms. The highest BCUT2D eigenvalue weighted by molar-refractivity contribution is 5.72. The fraction of sp³-hybridized carbons (Fsp3) is 0.455. The van der Waals surface area contributed by atoms with Crippen molar-refractivity contribution >= 4 is 6.03 Å². The molecule has 1 aromatic heterocycles. The van der Waals surface area contributed by atoms with Crippen LogP contribution in [-0.4, -0.2) is 23.2 Å². The number of hydrogen-bond acceptors (Lipinski definition) is 3. The van der Waals surface area contributed by atoms with Crippen LogP contribution in [0.25, 0.3) is 0 Å². The average Bonchev–Trinajstić information content (AvgIpc) is 2.24. The molecule has 1 aromatic rings. The van der Waals surface area contributed by atoms with Gasteiger partial charge in [0.25, 0.3) is 0 Å². The van der Waals surface area contributed by atoms with Crippen LogP contribution in [0.15, 0.2) is 18.3 Å². The van der Waals surface area contributed by atoms with E-state index >= 15 is 0 Å². The van der Waals surface area contributed by atoms with Gasteiger partial charge in [-0.3, -0.25) is 0 Å². The maximum Gasteiger partial charge on any atom is 0.421 e. The number of carbonyl (C=O) groups is 1. The van der Waals surface area contributed by atoms with Gasteiger partial charge in [0.1, 0.15) is 12.2 Å². The molecule has 1 heterocycles. The lowest BCUT2D eigenvalue weighted by Crippen LogP contribution is -2.50. The lowest BCUT2D eigenvalue weighted by Gasteiger charge is -2.25. The summed E-state index contributed by atoms with van der Waals surface area (Å²) in [6.45, 7) is 2.93. The van der Waals surface area contributed by atoms with Crippen LogP contribution in [-0.2, 0) is 6.18 Å². The highest BCUT2D eigenvalue weighted by atomic mass is 19.4. The van der Waals surface area contributed by atoms with Crippen molar-refractivity contribution < 1.29 is 22.7 Å². The molecule has 3 N–H and O–H groups in total. The van der Waals surface area contributed by atoms with Crippen molar-refractivity contribution in [3.8, 4) is 5.88 Å². The van der Waals surface area contributed by atoms with Crippen LogP contribution >= 0.6 is 0 Å². The number of primary amides is 1. The number of alkyl halides is 3. The summed E-state index contributed by atoms with van der Waals surface area (Å²) in [7, 11) is 0. The molecular weight excluding hydrogens is 263 g/mol. The Kier molecular flexibility index (Phi) is 4.23. The number of carbonyl (C=O) groups excluding carboxylic acids is 1. The SMILES string of the molecule is CC(C)(COc1ncccc1C(F)(F)F)NC(N)=O. The van der Waals surface area contributed by atoms with Gasteiger partial charge < -0.3 is 15.8 Å². The van der Waals surface area contributed by atoms with E-state index in [4.69, 9.17) is 10.5 Å². The Bertz CT molecular complexity index is 461. The van der Waals surface area contributed by atoms with E-state index in [0.717, 1.165) is 6.07 Å². The van der Waals surface area contributed by atoms with E-state index in [0.29, 0.717) is 0 Å². The number of nitrogens with zero attached hydrogens (tertiary/aromatic N) is 1. The van der Waals surface area contributed by atoms with Gasteiger partial charge in [0, 0.05) is 6.20 Å². The summed E-state index contributed by atoms with van der Waals surface area (Å²) >= 11 is 0. The summed E-state index contributed by atoms with van der Waals surface area (Å²) in [5, 5.41) is 2.35. The second kappa shape index (κ2) is 5.33. The molecule has 0 aliphatic carbocycles. The fourth-order valence-corrected chi connectivity index (χ4v) is 1.34. The summed E-state index contributed by atoms with van der Waals surface area (Å²) in [6.07, 6.45) is -3.36. The number of urea groups is 1. The molecule has 0 fully saturated rings. The van der Waals surface area contributed by atoms with E-state index < -0.39 is 29.2 Å². The highest BCUT2D eigenvalue weighted by Gasteiger charge is 2.35. The van der Waals surface area contributed by atoms with Crippen molar-refractivity contribution in [2.45, 2.75) is 25.6 Å². The van der Waals surface area contributed by atoms with Crippen LogP contribution < -0.4 is 15.8 Å². The molecule has 106 valence electrons. The third-order valence-corrected chi connectivity index (χ3v) is 2.11. The minimum absolute atomic E-state index is 0.198. The average molecular weight is 277 g/mol. The first-order valence-electron chi connectivity index (χ1n) is 5.34. The first-order chi connectivity index (χ1) is 8.62. The predicted octanol–water partition coefficient (Wildman–Crippen LogP) is 1.93. The Morgan fingerprint density at radius 2 is 2.11 bits per heavy atom. The highest BCUT2D eigenvalue weighted by Crippen LogP contribution is 2.34. The zero-order valence-corrected chi connectivity index (χ0v) is 10.4. The Morgan fingerprint density at radius 3 is 2.63 bits per heavy atom. The van der Waals surface area contributed by atoms with E-state index in [1.54, 1.807) is 13.8 Å². The summed E-state index contributed by atoms with van der Waals surface area (Å²) < 4.78 is 43.0. The van der Waals surface area contributed by atoms with Crippen LogP contribution in [0, 0.1) is 0 Å². The number of pyridine rings is 1. The second-order valence-corrected chi connectivity index (χ2v) is 4.52. The quantitative estimate of drug-likeness (QED) is 0.882. The number of nitrogens with two attached hydrogens (primary N) is 1. The van der Waals surface area contributed by atoms with Crippen molar-refractivity contribution in [2.75, 3.05) is 6.61 Å². The standard InChI is InChI=1S/C11H14F3N3O2/c1-10(2,17-9(15)18)6-19-8-7(11(12,13)14)4-3-5-16-8/h3-5H,6H2,1-2H3,(H3,15,17,18). The monoisotopic (exact) mass is 277 g/mol. The number of rotatable bonds is 4. The molecule has 0 aliphatic rings. The van der Waals surface area contributed by atoms with Crippen LogP contribution in [0.5, 0.6) is 5.88 Å². The Balaban J connectivity index is 2.81. The van der Waals surface area contributed by atoms with E-state index in [-0.39, 0.29) is 6.61 Å². The number of hydrogen-bond donors (Lipinski definition) is 2. The van der Waals surface area contributed by atoms with Crippen LogP contribution in [0.1, 0.15) is 19.4 Å². The van der Waals surface area contributed by atoms with Crippen molar-refractivity contribution in [3.63, 3.8) is 0 Å². The van der Waals surface area contributed by atoms with Gasteiger partial charge in [0.2, 0.25) is 5.88 Å². The molecular formula is C11H14F3N3O2. The fourth-order valence-electron chi connectivity index (χ4n) is 1.34. The van der Waals surface area contributed by atoms with Gasteiger partial charge in [0.05, 0.1) is 5.54 Å². The van der Waals surface area contributed by atoms with E-state index in [2.05, 4.69) is 10.3 Å². The topological polar surface area (TPSA) is 77.2 Å². The Hall–Kier alpha value is -1.99. The zero-order valence-electron chi connectivity index (χ0n) is 10.4. The minimum atomic E-state index is -4.55. The summed E-state index contributed by atoms with van der Waals surface area (Å²) in [5.74, 6) is -0.533. The smallest absolute Gasteiger partial charge is 0.421 e. The van der Waals surface area contributed by atoms with Gasteiger partial charge in [-0.25, -0.2) is 9.78 Å². The van der Waals surface area contributed by atoms with Gasteiger partial charge >= 0.3 is 12.2 Å². The first kappa shape index (κ1) is 15.1. The maximum atomic E-state index is 12.7. The van der Waals surface area contributed by atoms with E-state index in [1.807, 2.05) is 0 Å². The molecule has 0 unspecified atom stereocenters. The Labute approximate surface area is 108 Å². The number of aromatic nitrogens is 1. The summed E-state index contributed by atoms with van der Waals surface area (Å²) in [5.41, 5.74) is 3.07. The third kappa shape index (κ3) is 4.65. The van der Waals surface area contributed by atoms with Gasteiger partial charge in [0.15, 0.2) is 0 Å². The van der Waals surface area contributed by atoms with Gasteiger partial charge in [-0.2, -0.15) is 13.2 Å². The Morgan fingerprint density at radius 1 is 1.47 bits per heavy atom. The molecule has 0 atom stereocenters. The molecule has 0 saturated heterocycles. The van der Waals surface area contributed by atoms with Crippen LogP contribution in [0.3, 0.4) is 0 Å². The van der Waals surface area contributed by atoms with Gasteiger partial charge in [-0.15, -0.1) is 0 Å². The van der Waals surface area contributed by atoms with Crippen LogP contribution in [0.4, 0.5) is 18.0 Å². The van der Waals surface area contributed by atoms with E-state index in [1.165, 1.54) is 12.3 Å².